The average molecular weight is 394 g/mol. The van der Waals surface area contributed by atoms with Crippen LogP contribution in [0.15, 0.2) is 53.1 Å². The Morgan fingerprint density at radius 2 is 1.62 bits per heavy atom. The number of methoxy groups -OCH3 is 3. The van der Waals surface area contributed by atoms with Gasteiger partial charge < -0.3 is 18.6 Å². The Hall–Kier alpha value is -3.54. The second kappa shape index (κ2) is 8.65. The lowest BCUT2D eigenvalue weighted by Crippen LogP contribution is -2.09. The number of hydrogen-bond acceptors (Lipinski definition) is 6. The third-order valence-electron chi connectivity index (χ3n) is 4.53. The van der Waals surface area contributed by atoms with Crippen molar-refractivity contribution in [3.8, 4) is 28.6 Å². The van der Waals surface area contributed by atoms with Crippen LogP contribution < -0.4 is 14.2 Å². The molecule has 1 heterocycles. The van der Waals surface area contributed by atoms with Crippen LogP contribution in [-0.2, 0) is 11.2 Å². The normalized spacial score (nSPS) is 10.5. The molecule has 0 radical (unpaired) electrons. The summed E-state index contributed by atoms with van der Waals surface area (Å²) in [5.41, 5.74) is 2.17. The lowest BCUT2D eigenvalue weighted by atomic mass is 9.93. The summed E-state index contributed by atoms with van der Waals surface area (Å²) in [6.07, 6.45) is 1.73. The van der Waals surface area contributed by atoms with Crippen molar-refractivity contribution in [2.45, 2.75) is 13.3 Å². The van der Waals surface area contributed by atoms with Crippen molar-refractivity contribution < 1.29 is 28.2 Å². The molecule has 1 aromatic heterocycles. The standard InChI is InChI=1S/C23H22O6/c1-14(24)10-15-7-8-16(19-6-5-9-29-19)11-18(15)22(25)17-12-20(26-2)23(28-4)21(13-17)27-3/h5-9,11-13H,10H2,1-4H3. The van der Waals surface area contributed by atoms with E-state index in [-0.39, 0.29) is 18.0 Å². The number of furan rings is 1. The van der Waals surface area contributed by atoms with Crippen molar-refractivity contribution in [3.05, 3.63) is 65.4 Å². The predicted molar refractivity (Wildman–Crippen MR) is 108 cm³/mol. The average Bonchev–Trinajstić information content (AvgIpc) is 3.26. The Morgan fingerprint density at radius 3 is 2.14 bits per heavy atom. The first-order valence-corrected chi connectivity index (χ1v) is 8.99. The Bertz CT molecular complexity index is 1010. The molecule has 0 aliphatic rings. The van der Waals surface area contributed by atoms with Gasteiger partial charge in [-0.2, -0.15) is 0 Å². The third-order valence-corrected chi connectivity index (χ3v) is 4.53. The molecule has 29 heavy (non-hydrogen) atoms. The van der Waals surface area contributed by atoms with Crippen molar-refractivity contribution in [2.75, 3.05) is 21.3 Å². The maximum Gasteiger partial charge on any atom is 0.203 e. The highest BCUT2D eigenvalue weighted by atomic mass is 16.5. The Morgan fingerprint density at radius 1 is 0.931 bits per heavy atom. The van der Waals surface area contributed by atoms with Crippen molar-refractivity contribution in [2.24, 2.45) is 0 Å². The van der Waals surface area contributed by atoms with Crippen molar-refractivity contribution in [3.63, 3.8) is 0 Å². The number of benzene rings is 2. The molecular formula is C23H22O6. The van der Waals surface area contributed by atoms with Crippen LogP contribution in [0.4, 0.5) is 0 Å². The van der Waals surface area contributed by atoms with Gasteiger partial charge in [-0.05, 0) is 42.8 Å². The zero-order valence-corrected chi connectivity index (χ0v) is 16.8. The summed E-state index contributed by atoms with van der Waals surface area (Å²) in [5, 5.41) is 0. The summed E-state index contributed by atoms with van der Waals surface area (Å²) >= 11 is 0. The molecule has 2 aromatic carbocycles. The fraction of sp³-hybridized carbons (Fsp3) is 0.217. The van der Waals surface area contributed by atoms with Crippen molar-refractivity contribution in [1.82, 2.24) is 0 Å². The maximum absolute atomic E-state index is 13.4. The minimum Gasteiger partial charge on any atom is -0.493 e. The van der Waals surface area contributed by atoms with E-state index in [0.29, 0.717) is 39.7 Å². The number of ether oxygens (including phenoxy) is 3. The molecule has 0 saturated carbocycles. The van der Waals surface area contributed by atoms with Gasteiger partial charge in [-0.15, -0.1) is 0 Å². The van der Waals surface area contributed by atoms with Gasteiger partial charge in [0.1, 0.15) is 11.5 Å². The van der Waals surface area contributed by atoms with Gasteiger partial charge in [0.25, 0.3) is 0 Å². The highest BCUT2D eigenvalue weighted by Crippen LogP contribution is 2.39. The summed E-state index contributed by atoms with van der Waals surface area (Å²) in [5.74, 6) is 1.51. The van der Waals surface area contributed by atoms with E-state index in [9.17, 15) is 9.59 Å². The third kappa shape index (κ3) is 4.16. The molecule has 150 valence electrons. The van der Waals surface area contributed by atoms with E-state index < -0.39 is 0 Å². The minimum atomic E-state index is -0.256. The molecule has 0 bridgehead atoms. The monoisotopic (exact) mass is 394 g/mol. The molecule has 3 aromatic rings. The first-order chi connectivity index (χ1) is 14.0. The Balaban J connectivity index is 2.14. The van der Waals surface area contributed by atoms with E-state index in [1.165, 1.54) is 28.3 Å². The molecule has 0 N–H and O–H groups in total. The molecule has 0 atom stereocenters. The van der Waals surface area contributed by atoms with Crippen molar-refractivity contribution >= 4 is 11.6 Å². The van der Waals surface area contributed by atoms with Gasteiger partial charge in [0, 0.05) is 23.1 Å². The van der Waals surface area contributed by atoms with E-state index in [1.54, 1.807) is 36.6 Å². The van der Waals surface area contributed by atoms with Crippen LogP contribution >= 0.6 is 0 Å². The number of carbonyl (C=O) groups excluding carboxylic acids is 2. The van der Waals surface area contributed by atoms with E-state index in [2.05, 4.69) is 0 Å². The quantitative estimate of drug-likeness (QED) is 0.529. The van der Waals surface area contributed by atoms with Crippen LogP contribution in [0.2, 0.25) is 0 Å². The molecule has 0 saturated heterocycles. The van der Waals surface area contributed by atoms with Crippen LogP contribution in [0.3, 0.4) is 0 Å². The summed E-state index contributed by atoms with van der Waals surface area (Å²) in [7, 11) is 4.48. The fourth-order valence-corrected chi connectivity index (χ4v) is 3.17. The lowest BCUT2D eigenvalue weighted by molar-refractivity contribution is -0.116. The number of hydrogen-bond donors (Lipinski definition) is 0. The largest absolute Gasteiger partial charge is 0.493 e. The minimum absolute atomic E-state index is 0.0327. The van der Waals surface area contributed by atoms with E-state index >= 15 is 0 Å². The van der Waals surface area contributed by atoms with Crippen LogP contribution in [-0.4, -0.2) is 32.9 Å². The molecule has 0 amide bonds. The smallest absolute Gasteiger partial charge is 0.203 e. The lowest BCUT2D eigenvalue weighted by Gasteiger charge is -2.15. The Kier molecular flexibility index (Phi) is 6.02. The highest BCUT2D eigenvalue weighted by Gasteiger charge is 2.21. The van der Waals surface area contributed by atoms with E-state index in [0.717, 1.165) is 5.56 Å². The number of Topliss-reactive ketones (excluding diaryl/α,β-unsaturated/α-hetero) is 1. The van der Waals surface area contributed by atoms with Crippen LogP contribution in [0.25, 0.3) is 11.3 Å². The second-order valence-electron chi connectivity index (χ2n) is 6.47. The fourth-order valence-electron chi connectivity index (χ4n) is 3.17. The molecule has 6 nitrogen and oxygen atoms in total. The molecule has 0 aliphatic heterocycles. The summed E-state index contributed by atoms with van der Waals surface area (Å²) < 4.78 is 21.5. The van der Waals surface area contributed by atoms with Gasteiger partial charge in [0.05, 0.1) is 27.6 Å². The van der Waals surface area contributed by atoms with Gasteiger partial charge in [-0.3, -0.25) is 9.59 Å². The molecule has 0 spiro atoms. The molecule has 0 aliphatic carbocycles. The van der Waals surface area contributed by atoms with Gasteiger partial charge in [-0.1, -0.05) is 12.1 Å². The van der Waals surface area contributed by atoms with Gasteiger partial charge in [0.15, 0.2) is 17.3 Å². The number of ketones is 2. The zero-order valence-electron chi connectivity index (χ0n) is 16.8. The SMILES string of the molecule is COc1cc(C(=O)c2cc(-c3ccco3)ccc2CC(C)=O)cc(OC)c1OC. The summed E-state index contributed by atoms with van der Waals surface area (Å²) in [6.45, 7) is 1.49. The van der Waals surface area contributed by atoms with Gasteiger partial charge >= 0.3 is 0 Å². The molecule has 3 rings (SSSR count). The summed E-state index contributed by atoms with van der Waals surface area (Å²) in [6, 6.07) is 12.1. The topological polar surface area (TPSA) is 75.0 Å². The summed E-state index contributed by atoms with van der Waals surface area (Å²) in [4.78, 5) is 25.1. The molecule has 6 heteroatoms. The second-order valence-corrected chi connectivity index (χ2v) is 6.47. The Labute approximate surface area is 169 Å². The van der Waals surface area contributed by atoms with Crippen LogP contribution in [0, 0.1) is 0 Å². The maximum atomic E-state index is 13.4. The van der Waals surface area contributed by atoms with E-state index in [4.69, 9.17) is 18.6 Å². The van der Waals surface area contributed by atoms with Crippen LogP contribution in [0.1, 0.15) is 28.4 Å². The number of carbonyl (C=O) groups is 2. The molecular weight excluding hydrogens is 372 g/mol. The van der Waals surface area contributed by atoms with E-state index in [1.807, 2.05) is 12.1 Å². The first kappa shape index (κ1) is 20.2. The number of rotatable bonds is 8. The molecule has 0 fully saturated rings. The first-order valence-electron chi connectivity index (χ1n) is 8.99. The zero-order chi connectivity index (χ0) is 21.0. The van der Waals surface area contributed by atoms with Gasteiger partial charge in [-0.25, -0.2) is 0 Å². The van der Waals surface area contributed by atoms with Crippen LogP contribution in [0.5, 0.6) is 17.2 Å². The molecule has 0 unspecified atom stereocenters. The van der Waals surface area contributed by atoms with Gasteiger partial charge in [0.2, 0.25) is 5.75 Å². The van der Waals surface area contributed by atoms with Crippen molar-refractivity contribution in [1.29, 1.82) is 0 Å². The predicted octanol–water partition coefficient (Wildman–Crippen LogP) is 4.33. The highest BCUT2D eigenvalue weighted by molar-refractivity contribution is 6.11.